The molecule has 7 nitrogen and oxygen atoms in total. The number of hydrogen-bond donors (Lipinski definition) is 3. The number of ether oxygens (including phenoxy) is 3. The fourth-order valence-corrected chi connectivity index (χ4v) is 3.63. The van der Waals surface area contributed by atoms with Crippen LogP contribution in [0.1, 0.15) is 43.7 Å². The third kappa shape index (κ3) is 6.44. The minimum Gasteiger partial charge on any atom is -0.504 e. The van der Waals surface area contributed by atoms with E-state index in [2.05, 4.69) is 15.6 Å². The summed E-state index contributed by atoms with van der Waals surface area (Å²) in [6, 6.07) is 11.2. The number of rotatable bonds is 9. The number of phenols is 1. The molecule has 168 valence electrons. The predicted octanol–water partition coefficient (Wildman–Crippen LogP) is 3.99. The van der Waals surface area contributed by atoms with E-state index in [1.807, 2.05) is 31.2 Å². The van der Waals surface area contributed by atoms with Gasteiger partial charge in [-0.2, -0.15) is 0 Å². The first-order chi connectivity index (χ1) is 15.1. The fourth-order valence-electron chi connectivity index (χ4n) is 3.63. The Kier molecular flexibility index (Phi) is 8.27. The summed E-state index contributed by atoms with van der Waals surface area (Å²) in [5.74, 6) is 2.90. The average Bonchev–Trinajstić information content (AvgIpc) is 3.29. The molecule has 0 saturated heterocycles. The highest BCUT2D eigenvalue weighted by molar-refractivity contribution is 5.79. The van der Waals surface area contributed by atoms with Crippen LogP contribution in [-0.2, 0) is 13.1 Å². The lowest BCUT2D eigenvalue weighted by Gasteiger charge is -2.19. The van der Waals surface area contributed by atoms with Crippen molar-refractivity contribution < 1.29 is 19.3 Å². The molecular formula is C24H33N3O4. The van der Waals surface area contributed by atoms with Crippen LogP contribution < -0.4 is 24.8 Å². The van der Waals surface area contributed by atoms with Gasteiger partial charge >= 0.3 is 0 Å². The van der Waals surface area contributed by atoms with Gasteiger partial charge in [-0.25, -0.2) is 4.99 Å². The summed E-state index contributed by atoms with van der Waals surface area (Å²) in [4.78, 5) is 4.64. The molecule has 0 aromatic heterocycles. The molecule has 3 rings (SSSR count). The van der Waals surface area contributed by atoms with Gasteiger partial charge in [0.05, 0.1) is 26.9 Å². The van der Waals surface area contributed by atoms with Crippen LogP contribution >= 0.6 is 0 Å². The minimum absolute atomic E-state index is 0.111. The number of aromatic hydroxyl groups is 1. The Bertz CT molecular complexity index is 879. The van der Waals surface area contributed by atoms with E-state index in [0.29, 0.717) is 24.8 Å². The van der Waals surface area contributed by atoms with E-state index in [4.69, 9.17) is 14.2 Å². The molecular weight excluding hydrogens is 394 g/mol. The second-order valence-electron chi connectivity index (χ2n) is 7.55. The topological polar surface area (TPSA) is 84.3 Å². The van der Waals surface area contributed by atoms with E-state index in [1.54, 1.807) is 19.2 Å². The van der Waals surface area contributed by atoms with Gasteiger partial charge in [-0.3, -0.25) is 0 Å². The maximum atomic E-state index is 9.97. The van der Waals surface area contributed by atoms with Gasteiger partial charge in [0.15, 0.2) is 17.5 Å². The highest BCUT2D eigenvalue weighted by atomic mass is 16.5. The largest absolute Gasteiger partial charge is 0.504 e. The lowest BCUT2D eigenvalue weighted by atomic mass is 10.1. The zero-order chi connectivity index (χ0) is 22.1. The van der Waals surface area contributed by atoms with E-state index in [0.717, 1.165) is 42.0 Å². The van der Waals surface area contributed by atoms with Crippen LogP contribution in [-0.4, -0.2) is 37.9 Å². The Hall–Kier alpha value is -3.09. The van der Waals surface area contributed by atoms with Gasteiger partial charge < -0.3 is 30.0 Å². The predicted molar refractivity (Wildman–Crippen MR) is 122 cm³/mol. The van der Waals surface area contributed by atoms with Crippen molar-refractivity contribution in [3.63, 3.8) is 0 Å². The molecule has 1 fully saturated rings. The molecule has 0 heterocycles. The SMILES string of the molecule is CCNC(=NCc1ccc(OC)c(O)c1)NCc1ccc(OC)cc1OC1CCCC1. The Morgan fingerprint density at radius 2 is 1.84 bits per heavy atom. The molecule has 1 saturated carbocycles. The van der Waals surface area contributed by atoms with Crippen LogP contribution in [0.25, 0.3) is 0 Å². The summed E-state index contributed by atoms with van der Waals surface area (Å²) in [5.41, 5.74) is 1.95. The summed E-state index contributed by atoms with van der Waals surface area (Å²) in [6.07, 6.45) is 4.92. The number of phenolic OH excluding ortho intramolecular Hbond substituents is 1. The Balaban J connectivity index is 1.68. The molecule has 1 aliphatic rings. The summed E-state index contributed by atoms with van der Waals surface area (Å²) in [7, 11) is 3.20. The molecule has 0 amide bonds. The molecule has 7 heteroatoms. The van der Waals surface area contributed by atoms with Gasteiger partial charge in [-0.15, -0.1) is 0 Å². The van der Waals surface area contributed by atoms with Crippen LogP contribution in [0, 0.1) is 0 Å². The number of benzene rings is 2. The number of aliphatic imine (C=N–C) groups is 1. The molecule has 3 N–H and O–H groups in total. The van der Waals surface area contributed by atoms with Gasteiger partial charge in [-0.1, -0.05) is 6.07 Å². The van der Waals surface area contributed by atoms with Crippen LogP contribution in [0.4, 0.5) is 0 Å². The van der Waals surface area contributed by atoms with E-state index in [1.165, 1.54) is 20.0 Å². The lowest BCUT2D eigenvalue weighted by Crippen LogP contribution is -2.37. The van der Waals surface area contributed by atoms with Crippen LogP contribution in [0.15, 0.2) is 41.4 Å². The molecule has 0 unspecified atom stereocenters. The number of nitrogens with zero attached hydrogens (tertiary/aromatic N) is 1. The quantitative estimate of drug-likeness (QED) is 0.415. The van der Waals surface area contributed by atoms with Crippen molar-refractivity contribution >= 4 is 5.96 Å². The van der Waals surface area contributed by atoms with Gasteiger partial charge in [0, 0.05) is 24.7 Å². The van der Waals surface area contributed by atoms with Crippen LogP contribution in [0.5, 0.6) is 23.0 Å². The zero-order valence-electron chi connectivity index (χ0n) is 18.6. The molecule has 0 radical (unpaired) electrons. The monoisotopic (exact) mass is 427 g/mol. The van der Waals surface area contributed by atoms with Crippen molar-refractivity contribution in [3.8, 4) is 23.0 Å². The molecule has 0 aliphatic heterocycles. The van der Waals surface area contributed by atoms with Crippen molar-refractivity contribution in [2.75, 3.05) is 20.8 Å². The molecule has 2 aromatic rings. The Morgan fingerprint density at radius 3 is 2.52 bits per heavy atom. The average molecular weight is 428 g/mol. The third-order valence-electron chi connectivity index (χ3n) is 5.32. The van der Waals surface area contributed by atoms with Crippen molar-refractivity contribution in [2.24, 2.45) is 4.99 Å². The minimum atomic E-state index is 0.111. The second-order valence-corrected chi connectivity index (χ2v) is 7.55. The first-order valence-electron chi connectivity index (χ1n) is 10.8. The van der Waals surface area contributed by atoms with Gasteiger partial charge in [0.1, 0.15) is 11.5 Å². The summed E-state index contributed by atoms with van der Waals surface area (Å²) >= 11 is 0. The molecule has 0 spiro atoms. The maximum absolute atomic E-state index is 9.97. The highest BCUT2D eigenvalue weighted by Crippen LogP contribution is 2.30. The summed E-state index contributed by atoms with van der Waals surface area (Å²) in [5, 5.41) is 16.6. The lowest BCUT2D eigenvalue weighted by molar-refractivity contribution is 0.207. The van der Waals surface area contributed by atoms with Gasteiger partial charge in [0.2, 0.25) is 0 Å². The highest BCUT2D eigenvalue weighted by Gasteiger charge is 2.18. The van der Waals surface area contributed by atoms with Crippen molar-refractivity contribution in [2.45, 2.75) is 51.8 Å². The van der Waals surface area contributed by atoms with E-state index >= 15 is 0 Å². The molecule has 0 bridgehead atoms. The summed E-state index contributed by atoms with van der Waals surface area (Å²) in [6.45, 7) is 3.78. The van der Waals surface area contributed by atoms with Crippen LogP contribution in [0.2, 0.25) is 0 Å². The molecule has 0 atom stereocenters. The standard InChI is InChI=1S/C24H33N3O4/c1-4-25-24(26-15-17-9-12-22(30-3)21(28)13-17)27-16-18-10-11-20(29-2)14-23(18)31-19-7-5-6-8-19/h9-14,19,28H,4-8,15-16H2,1-3H3,(H2,25,26,27). The fraction of sp³-hybridized carbons (Fsp3) is 0.458. The van der Waals surface area contributed by atoms with Crippen molar-refractivity contribution in [1.82, 2.24) is 10.6 Å². The van der Waals surface area contributed by atoms with Gasteiger partial charge in [0.25, 0.3) is 0 Å². The van der Waals surface area contributed by atoms with Crippen molar-refractivity contribution in [3.05, 3.63) is 47.5 Å². The maximum Gasteiger partial charge on any atom is 0.191 e. The molecule has 2 aromatic carbocycles. The number of methoxy groups -OCH3 is 2. The first-order valence-corrected chi connectivity index (χ1v) is 10.8. The zero-order valence-corrected chi connectivity index (χ0v) is 18.6. The Morgan fingerprint density at radius 1 is 1.03 bits per heavy atom. The van der Waals surface area contributed by atoms with Gasteiger partial charge in [-0.05, 0) is 62.4 Å². The molecule has 1 aliphatic carbocycles. The second kappa shape index (κ2) is 11.3. The first kappa shape index (κ1) is 22.6. The third-order valence-corrected chi connectivity index (χ3v) is 5.32. The van der Waals surface area contributed by atoms with Crippen LogP contribution in [0.3, 0.4) is 0 Å². The normalized spacial score (nSPS) is 14.4. The molecule has 31 heavy (non-hydrogen) atoms. The smallest absolute Gasteiger partial charge is 0.191 e. The van der Waals surface area contributed by atoms with E-state index in [9.17, 15) is 5.11 Å². The summed E-state index contributed by atoms with van der Waals surface area (Å²) < 4.78 is 16.8. The van der Waals surface area contributed by atoms with E-state index in [-0.39, 0.29) is 11.9 Å². The Labute approximate surface area is 184 Å². The number of guanidine groups is 1. The number of hydrogen-bond acceptors (Lipinski definition) is 5. The van der Waals surface area contributed by atoms with E-state index < -0.39 is 0 Å². The number of nitrogens with one attached hydrogen (secondary N) is 2. The van der Waals surface area contributed by atoms with Crippen molar-refractivity contribution in [1.29, 1.82) is 0 Å².